The topological polar surface area (TPSA) is 18.5 Å². The van der Waals surface area contributed by atoms with Crippen LogP contribution in [0.3, 0.4) is 0 Å². The first-order valence-corrected chi connectivity index (χ1v) is 6.42. The van der Waals surface area contributed by atoms with Gasteiger partial charge in [0.05, 0.1) is 18.8 Å². The largest absolute Gasteiger partial charge is 0.487 e. The predicted molar refractivity (Wildman–Crippen MR) is 68.5 cm³/mol. The Labute approximate surface area is 111 Å². The van der Waals surface area contributed by atoms with Crippen molar-refractivity contribution in [1.29, 1.82) is 0 Å². The van der Waals surface area contributed by atoms with Gasteiger partial charge in [-0.05, 0) is 12.1 Å². The zero-order valence-corrected chi connectivity index (χ0v) is 10.7. The van der Waals surface area contributed by atoms with Crippen molar-refractivity contribution < 1.29 is 13.9 Å². The van der Waals surface area contributed by atoms with Gasteiger partial charge in [-0.2, -0.15) is 0 Å². The first kappa shape index (κ1) is 13.2. The number of hydrogen-bond donors (Lipinski definition) is 0. The van der Waals surface area contributed by atoms with E-state index >= 15 is 0 Å². The van der Waals surface area contributed by atoms with E-state index in [1.54, 1.807) is 6.07 Å². The van der Waals surface area contributed by atoms with Gasteiger partial charge in [0.25, 0.3) is 0 Å². The summed E-state index contributed by atoms with van der Waals surface area (Å²) < 4.78 is 24.2. The van der Waals surface area contributed by atoms with Gasteiger partial charge in [-0.1, -0.05) is 11.8 Å². The first-order chi connectivity index (χ1) is 8.79. The molecule has 0 bridgehead atoms. The summed E-state index contributed by atoms with van der Waals surface area (Å²) in [5, 5.41) is 0. The maximum atomic E-state index is 13.2. The summed E-state index contributed by atoms with van der Waals surface area (Å²) in [5.74, 6) is 6.51. The molecule has 2 nitrogen and oxygen atoms in total. The van der Waals surface area contributed by atoms with Gasteiger partial charge < -0.3 is 9.47 Å². The fourth-order valence-electron chi connectivity index (χ4n) is 1.69. The molecule has 0 aliphatic carbocycles. The first-order valence-electron chi connectivity index (χ1n) is 5.88. The SMILES string of the molecule is Fc1ccc(C#CCCCl)c(OC2CCOC2)c1. The molecule has 1 atom stereocenters. The molecule has 0 N–H and O–H groups in total. The van der Waals surface area contributed by atoms with Crippen molar-refractivity contribution in [3.05, 3.63) is 29.6 Å². The highest BCUT2D eigenvalue weighted by Gasteiger charge is 2.18. The van der Waals surface area contributed by atoms with Crippen LogP contribution in [-0.4, -0.2) is 25.2 Å². The maximum Gasteiger partial charge on any atom is 0.138 e. The summed E-state index contributed by atoms with van der Waals surface area (Å²) in [5.41, 5.74) is 0.688. The Kier molecular flexibility index (Phi) is 4.86. The van der Waals surface area contributed by atoms with E-state index in [1.807, 2.05) is 0 Å². The zero-order valence-electron chi connectivity index (χ0n) is 9.92. The van der Waals surface area contributed by atoms with Crippen LogP contribution in [0, 0.1) is 17.7 Å². The summed E-state index contributed by atoms with van der Waals surface area (Å²) in [6, 6.07) is 4.37. The maximum absolute atomic E-state index is 13.2. The summed E-state index contributed by atoms with van der Waals surface area (Å²) in [4.78, 5) is 0. The summed E-state index contributed by atoms with van der Waals surface area (Å²) in [6.07, 6.45) is 1.41. The minimum absolute atomic E-state index is 0.0135. The van der Waals surface area contributed by atoms with Crippen LogP contribution in [0.1, 0.15) is 18.4 Å². The Balaban J connectivity index is 2.15. The van der Waals surface area contributed by atoms with Crippen molar-refractivity contribution in [3.8, 4) is 17.6 Å². The second-order valence-electron chi connectivity index (χ2n) is 3.98. The van der Waals surface area contributed by atoms with Crippen LogP contribution < -0.4 is 4.74 Å². The number of rotatable bonds is 3. The molecule has 1 aromatic carbocycles. The van der Waals surface area contributed by atoms with E-state index in [1.165, 1.54) is 12.1 Å². The van der Waals surface area contributed by atoms with Gasteiger partial charge in [-0.15, -0.1) is 11.6 Å². The minimum Gasteiger partial charge on any atom is -0.487 e. The molecule has 1 unspecified atom stereocenters. The molecular formula is C14H14ClFO2. The van der Waals surface area contributed by atoms with Gasteiger partial charge in [0.15, 0.2) is 0 Å². The second-order valence-corrected chi connectivity index (χ2v) is 4.36. The number of alkyl halides is 1. The van der Waals surface area contributed by atoms with E-state index in [0.717, 1.165) is 6.42 Å². The lowest BCUT2D eigenvalue weighted by molar-refractivity contribution is 0.141. The summed E-state index contributed by atoms with van der Waals surface area (Å²) in [7, 11) is 0. The fraction of sp³-hybridized carbons (Fsp3) is 0.429. The highest BCUT2D eigenvalue weighted by atomic mass is 35.5. The third kappa shape index (κ3) is 3.63. The van der Waals surface area contributed by atoms with Gasteiger partial charge >= 0.3 is 0 Å². The molecule has 0 amide bonds. The van der Waals surface area contributed by atoms with E-state index in [4.69, 9.17) is 21.1 Å². The lowest BCUT2D eigenvalue weighted by atomic mass is 10.2. The van der Waals surface area contributed by atoms with E-state index in [2.05, 4.69) is 11.8 Å². The number of hydrogen-bond acceptors (Lipinski definition) is 2. The van der Waals surface area contributed by atoms with Crippen molar-refractivity contribution in [1.82, 2.24) is 0 Å². The third-order valence-corrected chi connectivity index (χ3v) is 2.76. The van der Waals surface area contributed by atoms with E-state index in [9.17, 15) is 4.39 Å². The van der Waals surface area contributed by atoms with Gasteiger partial charge in [0.2, 0.25) is 0 Å². The van der Waals surface area contributed by atoms with Crippen LogP contribution in [-0.2, 0) is 4.74 Å². The van der Waals surface area contributed by atoms with Crippen LogP contribution in [0.4, 0.5) is 4.39 Å². The minimum atomic E-state index is -0.327. The van der Waals surface area contributed by atoms with Gasteiger partial charge in [-0.3, -0.25) is 0 Å². The van der Waals surface area contributed by atoms with E-state index in [-0.39, 0.29) is 11.9 Å². The Morgan fingerprint density at radius 3 is 3.11 bits per heavy atom. The van der Waals surface area contributed by atoms with Gasteiger partial charge in [-0.25, -0.2) is 4.39 Å². The second kappa shape index (κ2) is 6.63. The van der Waals surface area contributed by atoms with E-state index in [0.29, 0.717) is 36.8 Å². The quantitative estimate of drug-likeness (QED) is 0.620. The van der Waals surface area contributed by atoms with Crippen molar-refractivity contribution in [3.63, 3.8) is 0 Å². The number of benzene rings is 1. The Hall–Kier alpha value is -1.24. The molecule has 96 valence electrons. The van der Waals surface area contributed by atoms with Gasteiger partial charge in [0, 0.05) is 24.8 Å². The monoisotopic (exact) mass is 268 g/mol. The molecule has 1 fully saturated rings. The van der Waals surface area contributed by atoms with Crippen LogP contribution >= 0.6 is 11.6 Å². The van der Waals surface area contributed by atoms with Crippen molar-refractivity contribution in [2.75, 3.05) is 19.1 Å². The normalized spacial score (nSPS) is 18.2. The average molecular weight is 269 g/mol. The Bertz CT molecular complexity index is 459. The molecule has 4 heteroatoms. The van der Waals surface area contributed by atoms with E-state index < -0.39 is 0 Å². The van der Waals surface area contributed by atoms with Crippen molar-refractivity contribution in [2.45, 2.75) is 18.9 Å². The smallest absolute Gasteiger partial charge is 0.138 e. The fourth-order valence-corrected chi connectivity index (χ4v) is 1.78. The van der Waals surface area contributed by atoms with Crippen molar-refractivity contribution >= 4 is 11.6 Å². The molecule has 0 spiro atoms. The molecule has 1 heterocycles. The Morgan fingerprint density at radius 1 is 1.50 bits per heavy atom. The zero-order chi connectivity index (χ0) is 12.8. The number of ether oxygens (including phenoxy) is 2. The van der Waals surface area contributed by atoms with Crippen LogP contribution in [0.5, 0.6) is 5.75 Å². The molecule has 1 aliphatic heterocycles. The molecule has 1 aromatic rings. The predicted octanol–water partition coefficient (Wildman–Crippen LogP) is 2.97. The molecule has 0 radical (unpaired) electrons. The molecule has 18 heavy (non-hydrogen) atoms. The standard InChI is InChI=1S/C14H14ClFO2/c15-7-2-1-3-11-4-5-12(16)9-14(11)18-13-6-8-17-10-13/h4-5,9,13H,2,6-8,10H2. The molecule has 1 saturated heterocycles. The number of halogens is 2. The van der Waals surface area contributed by atoms with Crippen LogP contribution in [0.15, 0.2) is 18.2 Å². The Morgan fingerprint density at radius 2 is 2.39 bits per heavy atom. The summed E-state index contributed by atoms with van der Waals surface area (Å²) in [6.45, 7) is 1.23. The highest BCUT2D eigenvalue weighted by Crippen LogP contribution is 2.22. The summed E-state index contributed by atoms with van der Waals surface area (Å²) >= 11 is 5.56. The van der Waals surface area contributed by atoms with Crippen molar-refractivity contribution in [2.24, 2.45) is 0 Å². The lowest BCUT2D eigenvalue weighted by Crippen LogP contribution is -2.16. The molecule has 1 aliphatic rings. The molecule has 0 saturated carbocycles. The van der Waals surface area contributed by atoms with Crippen LogP contribution in [0.25, 0.3) is 0 Å². The van der Waals surface area contributed by atoms with Gasteiger partial charge in [0.1, 0.15) is 17.7 Å². The lowest BCUT2D eigenvalue weighted by Gasteiger charge is -2.13. The van der Waals surface area contributed by atoms with Crippen LogP contribution in [0.2, 0.25) is 0 Å². The molecule has 0 aromatic heterocycles. The average Bonchev–Trinajstić information content (AvgIpc) is 2.85. The highest BCUT2D eigenvalue weighted by molar-refractivity contribution is 6.18. The molecule has 2 rings (SSSR count). The third-order valence-electron chi connectivity index (χ3n) is 2.57. The molecular weight excluding hydrogens is 255 g/mol.